The van der Waals surface area contributed by atoms with Crippen molar-refractivity contribution < 1.29 is 4.79 Å². The molecule has 0 saturated carbocycles. The number of hydrogen-bond acceptors (Lipinski definition) is 2. The Morgan fingerprint density at radius 3 is 2.29 bits per heavy atom. The molecule has 0 radical (unpaired) electrons. The lowest BCUT2D eigenvalue weighted by Crippen LogP contribution is -2.34. The van der Waals surface area contributed by atoms with E-state index in [4.69, 9.17) is 0 Å². The molecule has 1 aromatic rings. The standard InChI is InChI=1S/C13H21N3O/c1-10-7-11(2)9-12(8-10)15-13(17)14-5-6-16(3)4/h7-9H,5-6H2,1-4H3,(H2,14,15,17). The van der Waals surface area contributed by atoms with Gasteiger partial charge in [0.25, 0.3) is 0 Å². The number of nitrogens with one attached hydrogen (secondary N) is 2. The third kappa shape index (κ3) is 5.36. The first-order valence-corrected chi connectivity index (χ1v) is 5.75. The first-order chi connectivity index (χ1) is 7.97. The van der Waals surface area contributed by atoms with E-state index in [1.54, 1.807) is 0 Å². The summed E-state index contributed by atoms with van der Waals surface area (Å²) < 4.78 is 0. The molecule has 1 rings (SSSR count). The highest BCUT2D eigenvalue weighted by atomic mass is 16.2. The number of hydrogen-bond donors (Lipinski definition) is 2. The maximum atomic E-state index is 11.6. The molecule has 0 heterocycles. The van der Waals surface area contributed by atoms with Crippen LogP contribution in [0.5, 0.6) is 0 Å². The van der Waals surface area contributed by atoms with Crippen molar-refractivity contribution in [3.8, 4) is 0 Å². The van der Waals surface area contributed by atoms with Crippen molar-refractivity contribution in [1.82, 2.24) is 10.2 Å². The molecule has 0 aromatic heterocycles. The lowest BCUT2D eigenvalue weighted by atomic mass is 10.1. The molecule has 0 aliphatic carbocycles. The van der Waals surface area contributed by atoms with Crippen molar-refractivity contribution in [1.29, 1.82) is 0 Å². The molecule has 0 atom stereocenters. The van der Waals surface area contributed by atoms with E-state index in [2.05, 4.69) is 16.7 Å². The van der Waals surface area contributed by atoms with Crippen LogP contribution in [0.15, 0.2) is 18.2 Å². The Hall–Kier alpha value is -1.55. The first-order valence-electron chi connectivity index (χ1n) is 5.75. The van der Waals surface area contributed by atoms with Gasteiger partial charge in [0.15, 0.2) is 0 Å². The number of aryl methyl sites for hydroxylation is 2. The summed E-state index contributed by atoms with van der Waals surface area (Å²) in [5, 5.41) is 5.64. The number of amides is 2. The van der Waals surface area contributed by atoms with Crippen molar-refractivity contribution >= 4 is 11.7 Å². The molecule has 0 spiro atoms. The molecule has 0 fully saturated rings. The Balaban J connectivity index is 2.45. The number of likely N-dealkylation sites (N-methyl/N-ethyl adjacent to an activating group) is 1. The van der Waals surface area contributed by atoms with Gasteiger partial charge in [-0.15, -0.1) is 0 Å². The maximum Gasteiger partial charge on any atom is 0.319 e. The van der Waals surface area contributed by atoms with E-state index < -0.39 is 0 Å². The van der Waals surface area contributed by atoms with Crippen LogP contribution in [0.25, 0.3) is 0 Å². The third-order valence-electron chi connectivity index (χ3n) is 2.32. The quantitative estimate of drug-likeness (QED) is 0.838. The zero-order chi connectivity index (χ0) is 12.8. The van der Waals surface area contributed by atoms with Crippen LogP contribution in [-0.2, 0) is 0 Å². The minimum absolute atomic E-state index is 0.156. The minimum atomic E-state index is -0.156. The van der Waals surface area contributed by atoms with E-state index in [9.17, 15) is 4.79 Å². The third-order valence-corrected chi connectivity index (χ3v) is 2.32. The summed E-state index contributed by atoms with van der Waals surface area (Å²) in [4.78, 5) is 13.6. The Bertz CT molecular complexity index is 368. The number of carbonyl (C=O) groups excluding carboxylic acids is 1. The van der Waals surface area contributed by atoms with Gasteiger partial charge >= 0.3 is 6.03 Å². The molecule has 2 amide bonds. The second kappa shape index (κ2) is 6.25. The van der Waals surface area contributed by atoms with Crippen LogP contribution in [0.3, 0.4) is 0 Å². The summed E-state index contributed by atoms with van der Waals surface area (Å²) in [6.45, 7) is 5.51. The molecule has 4 nitrogen and oxygen atoms in total. The van der Waals surface area contributed by atoms with Crippen molar-refractivity contribution in [2.75, 3.05) is 32.5 Å². The highest BCUT2D eigenvalue weighted by Crippen LogP contribution is 2.13. The highest BCUT2D eigenvalue weighted by Gasteiger charge is 2.02. The Morgan fingerprint density at radius 1 is 1.18 bits per heavy atom. The zero-order valence-corrected chi connectivity index (χ0v) is 11.0. The van der Waals surface area contributed by atoms with Crippen molar-refractivity contribution in [2.45, 2.75) is 13.8 Å². The van der Waals surface area contributed by atoms with Gasteiger partial charge in [0, 0.05) is 18.8 Å². The average Bonchev–Trinajstić information content (AvgIpc) is 2.14. The molecule has 0 bridgehead atoms. The molecule has 2 N–H and O–H groups in total. The normalized spacial score (nSPS) is 10.4. The van der Waals surface area contributed by atoms with Crippen molar-refractivity contribution in [2.24, 2.45) is 0 Å². The second-order valence-electron chi connectivity index (χ2n) is 4.56. The van der Waals surface area contributed by atoms with E-state index >= 15 is 0 Å². The molecule has 0 aliphatic rings. The van der Waals surface area contributed by atoms with E-state index in [-0.39, 0.29) is 6.03 Å². The van der Waals surface area contributed by atoms with Crippen LogP contribution in [0.2, 0.25) is 0 Å². The van der Waals surface area contributed by atoms with Crippen molar-refractivity contribution in [3.05, 3.63) is 29.3 Å². The lowest BCUT2D eigenvalue weighted by molar-refractivity contribution is 0.250. The van der Waals surface area contributed by atoms with Gasteiger partial charge in [-0.1, -0.05) is 6.07 Å². The monoisotopic (exact) mass is 235 g/mol. The zero-order valence-electron chi connectivity index (χ0n) is 11.0. The molecule has 0 saturated heterocycles. The van der Waals surface area contributed by atoms with Gasteiger partial charge in [0.1, 0.15) is 0 Å². The number of nitrogens with zero attached hydrogens (tertiary/aromatic N) is 1. The van der Waals surface area contributed by atoms with E-state index in [1.807, 2.05) is 45.0 Å². The Labute approximate surface area is 103 Å². The van der Waals surface area contributed by atoms with Gasteiger partial charge in [0.05, 0.1) is 0 Å². The van der Waals surface area contributed by atoms with Crippen LogP contribution < -0.4 is 10.6 Å². The van der Waals surface area contributed by atoms with E-state index in [1.165, 1.54) is 0 Å². The fourth-order valence-corrected chi connectivity index (χ4v) is 1.62. The van der Waals surface area contributed by atoms with Gasteiger partial charge in [-0.05, 0) is 51.2 Å². The van der Waals surface area contributed by atoms with Crippen molar-refractivity contribution in [3.63, 3.8) is 0 Å². The number of urea groups is 1. The Kier molecular flexibility index (Phi) is 4.97. The molecule has 17 heavy (non-hydrogen) atoms. The van der Waals surface area contributed by atoms with Gasteiger partial charge in [-0.3, -0.25) is 0 Å². The van der Waals surface area contributed by atoms with Gasteiger partial charge < -0.3 is 15.5 Å². The molecule has 0 unspecified atom stereocenters. The molecule has 4 heteroatoms. The molecule has 1 aromatic carbocycles. The smallest absolute Gasteiger partial charge is 0.319 e. The Morgan fingerprint density at radius 2 is 1.76 bits per heavy atom. The van der Waals surface area contributed by atoms with Gasteiger partial charge in [-0.25, -0.2) is 4.79 Å². The fraction of sp³-hybridized carbons (Fsp3) is 0.462. The lowest BCUT2D eigenvalue weighted by Gasteiger charge is -2.12. The molecule has 0 aliphatic heterocycles. The number of carbonyl (C=O) groups is 1. The topological polar surface area (TPSA) is 44.4 Å². The predicted molar refractivity (Wildman–Crippen MR) is 71.5 cm³/mol. The number of anilines is 1. The SMILES string of the molecule is Cc1cc(C)cc(NC(=O)NCCN(C)C)c1. The van der Waals surface area contributed by atoms with Crippen LogP contribution in [0.4, 0.5) is 10.5 Å². The molecule has 94 valence electrons. The van der Waals surface area contributed by atoms with Crippen LogP contribution in [0.1, 0.15) is 11.1 Å². The summed E-state index contributed by atoms with van der Waals surface area (Å²) in [7, 11) is 3.95. The summed E-state index contributed by atoms with van der Waals surface area (Å²) >= 11 is 0. The second-order valence-corrected chi connectivity index (χ2v) is 4.56. The molecular formula is C13H21N3O. The number of benzene rings is 1. The van der Waals surface area contributed by atoms with Crippen LogP contribution in [-0.4, -0.2) is 38.1 Å². The first kappa shape index (κ1) is 13.5. The highest BCUT2D eigenvalue weighted by molar-refractivity contribution is 5.89. The fourth-order valence-electron chi connectivity index (χ4n) is 1.62. The molecular weight excluding hydrogens is 214 g/mol. The number of rotatable bonds is 4. The van der Waals surface area contributed by atoms with Crippen LogP contribution >= 0.6 is 0 Å². The largest absolute Gasteiger partial charge is 0.337 e. The van der Waals surface area contributed by atoms with Crippen LogP contribution in [0, 0.1) is 13.8 Å². The summed E-state index contributed by atoms with van der Waals surface area (Å²) in [6, 6.07) is 5.84. The summed E-state index contributed by atoms with van der Waals surface area (Å²) in [6.07, 6.45) is 0. The summed E-state index contributed by atoms with van der Waals surface area (Å²) in [5.41, 5.74) is 3.13. The predicted octanol–water partition coefficient (Wildman–Crippen LogP) is 1.99. The van der Waals surface area contributed by atoms with E-state index in [0.717, 1.165) is 23.4 Å². The maximum absolute atomic E-state index is 11.6. The van der Waals surface area contributed by atoms with Gasteiger partial charge in [-0.2, -0.15) is 0 Å². The van der Waals surface area contributed by atoms with E-state index in [0.29, 0.717) is 6.54 Å². The summed E-state index contributed by atoms with van der Waals surface area (Å²) in [5.74, 6) is 0. The van der Waals surface area contributed by atoms with Gasteiger partial charge in [0.2, 0.25) is 0 Å². The average molecular weight is 235 g/mol. The minimum Gasteiger partial charge on any atom is -0.337 e.